The molecule has 0 radical (unpaired) electrons. The normalized spacial score (nSPS) is 10.6. The molecule has 0 aromatic heterocycles. The second-order valence-electron chi connectivity index (χ2n) is 3.49. The Hall–Kier alpha value is -0.630. The molecule has 78 valence electrons. The lowest BCUT2D eigenvalue weighted by Gasteiger charge is -2.14. The summed E-state index contributed by atoms with van der Waals surface area (Å²) in [6, 6.07) is 6.41. The van der Waals surface area contributed by atoms with Crippen molar-refractivity contribution in [2.75, 3.05) is 12.9 Å². The minimum absolute atomic E-state index is 0.517. The molecular weight excluding hydrogens is 192 g/mol. The first kappa shape index (κ1) is 11.4. The van der Waals surface area contributed by atoms with Crippen molar-refractivity contribution in [3.8, 4) is 5.75 Å². The van der Waals surface area contributed by atoms with Gasteiger partial charge in [0.05, 0.1) is 6.61 Å². The zero-order chi connectivity index (χ0) is 10.6. The molecule has 0 unspecified atom stereocenters. The molecule has 1 aromatic carbocycles. The van der Waals surface area contributed by atoms with Crippen LogP contribution in [0.15, 0.2) is 23.1 Å². The summed E-state index contributed by atoms with van der Waals surface area (Å²) in [6.07, 6.45) is 2.10. The van der Waals surface area contributed by atoms with Gasteiger partial charge in [-0.05, 0) is 42.9 Å². The van der Waals surface area contributed by atoms with E-state index >= 15 is 0 Å². The fourth-order valence-electron chi connectivity index (χ4n) is 1.39. The van der Waals surface area contributed by atoms with Gasteiger partial charge in [-0.25, -0.2) is 0 Å². The van der Waals surface area contributed by atoms with Crippen LogP contribution in [-0.2, 0) is 0 Å². The van der Waals surface area contributed by atoms with Crippen molar-refractivity contribution < 1.29 is 4.74 Å². The fourth-order valence-corrected chi connectivity index (χ4v) is 1.84. The summed E-state index contributed by atoms with van der Waals surface area (Å²) in [5, 5.41) is 0. The highest BCUT2D eigenvalue weighted by molar-refractivity contribution is 7.98. The van der Waals surface area contributed by atoms with Crippen LogP contribution < -0.4 is 4.74 Å². The number of hydrogen-bond acceptors (Lipinski definition) is 2. The first-order valence-corrected chi connectivity index (χ1v) is 6.22. The second-order valence-corrected chi connectivity index (χ2v) is 4.37. The van der Waals surface area contributed by atoms with Gasteiger partial charge in [-0.2, -0.15) is 0 Å². The van der Waals surface area contributed by atoms with Crippen LogP contribution >= 0.6 is 11.8 Å². The topological polar surface area (TPSA) is 9.23 Å². The van der Waals surface area contributed by atoms with E-state index in [2.05, 4.69) is 38.3 Å². The highest BCUT2D eigenvalue weighted by Crippen LogP contribution is 2.30. The largest absolute Gasteiger partial charge is 0.494 e. The molecule has 0 atom stereocenters. The van der Waals surface area contributed by atoms with E-state index in [0.29, 0.717) is 5.92 Å². The molecule has 0 bridgehead atoms. The van der Waals surface area contributed by atoms with Crippen molar-refractivity contribution in [1.82, 2.24) is 0 Å². The van der Waals surface area contributed by atoms with Crippen LogP contribution in [0, 0.1) is 0 Å². The van der Waals surface area contributed by atoms with Gasteiger partial charge in [-0.3, -0.25) is 0 Å². The third-order valence-corrected chi connectivity index (χ3v) is 2.86. The predicted molar refractivity (Wildman–Crippen MR) is 63.5 cm³/mol. The number of hydrogen-bond donors (Lipinski definition) is 0. The minimum atomic E-state index is 0.517. The number of rotatable bonds is 4. The summed E-state index contributed by atoms with van der Waals surface area (Å²) >= 11 is 1.77. The first-order valence-electron chi connectivity index (χ1n) is 4.99. The van der Waals surface area contributed by atoms with E-state index in [0.717, 1.165) is 12.4 Å². The van der Waals surface area contributed by atoms with E-state index in [-0.39, 0.29) is 0 Å². The van der Waals surface area contributed by atoms with Crippen molar-refractivity contribution >= 4 is 11.8 Å². The predicted octanol–water partition coefficient (Wildman–Crippen LogP) is 3.93. The maximum absolute atomic E-state index is 5.59. The average Bonchev–Trinajstić information content (AvgIpc) is 2.18. The third-order valence-electron chi connectivity index (χ3n) is 2.14. The maximum atomic E-state index is 5.59. The Morgan fingerprint density at radius 2 is 2.07 bits per heavy atom. The van der Waals surface area contributed by atoms with E-state index in [1.165, 1.54) is 10.5 Å². The van der Waals surface area contributed by atoms with E-state index in [1.807, 2.05) is 6.92 Å². The Bertz CT molecular complexity index is 294. The molecule has 0 saturated carbocycles. The van der Waals surface area contributed by atoms with Gasteiger partial charge in [0, 0.05) is 4.90 Å². The quantitative estimate of drug-likeness (QED) is 0.696. The van der Waals surface area contributed by atoms with E-state index < -0.39 is 0 Å². The zero-order valence-corrected chi connectivity index (χ0v) is 10.1. The molecule has 1 rings (SSSR count). The standard InChI is InChI=1S/C12H18OS/c1-5-13-12-7-6-10(14-4)8-11(12)9(2)3/h6-9H,5H2,1-4H3. The SMILES string of the molecule is CCOc1ccc(SC)cc1C(C)C. The van der Waals surface area contributed by atoms with E-state index in [9.17, 15) is 0 Å². The Morgan fingerprint density at radius 3 is 2.57 bits per heavy atom. The van der Waals surface area contributed by atoms with Crippen molar-refractivity contribution in [3.05, 3.63) is 23.8 Å². The third kappa shape index (κ3) is 2.68. The fraction of sp³-hybridized carbons (Fsp3) is 0.500. The molecule has 0 N–H and O–H groups in total. The van der Waals surface area contributed by atoms with Gasteiger partial charge in [0.2, 0.25) is 0 Å². The Morgan fingerprint density at radius 1 is 1.36 bits per heavy atom. The van der Waals surface area contributed by atoms with Crippen LogP contribution in [0.2, 0.25) is 0 Å². The van der Waals surface area contributed by atoms with Crippen molar-refractivity contribution in [3.63, 3.8) is 0 Å². The maximum Gasteiger partial charge on any atom is 0.122 e. The molecule has 0 saturated heterocycles. The van der Waals surface area contributed by atoms with Crippen LogP contribution in [0.1, 0.15) is 32.3 Å². The van der Waals surface area contributed by atoms with Crippen LogP contribution in [-0.4, -0.2) is 12.9 Å². The number of benzene rings is 1. The van der Waals surface area contributed by atoms with Crippen LogP contribution in [0.25, 0.3) is 0 Å². The Labute approximate surface area is 90.9 Å². The van der Waals surface area contributed by atoms with Crippen molar-refractivity contribution in [2.24, 2.45) is 0 Å². The number of ether oxygens (including phenoxy) is 1. The van der Waals surface area contributed by atoms with Gasteiger partial charge in [-0.1, -0.05) is 13.8 Å². The summed E-state index contributed by atoms with van der Waals surface area (Å²) in [6.45, 7) is 7.15. The molecule has 0 heterocycles. The summed E-state index contributed by atoms with van der Waals surface area (Å²) in [5.41, 5.74) is 1.30. The Balaban J connectivity index is 3.03. The van der Waals surface area contributed by atoms with Gasteiger partial charge in [-0.15, -0.1) is 11.8 Å². The molecule has 0 amide bonds. The van der Waals surface area contributed by atoms with Crippen LogP contribution in [0.3, 0.4) is 0 Å². The van der Waals surface area contributed by atoms with E-state index in [1.54, 1.807) is 11.8 Å². The van der Waals surface area contributed by atoms with Gasteiger partial charge in [0.25, 0.3) is 0 Å². The number of thioether (sulfide) groups is 1. The molecule has 1 nitrogen and oxygen atoms in total. The molecule has 0 fully saturated rings. The lowest BCUT2D eigenvalue weighted by Crippen LogP contribution is -1.98. The molecule has 0 spiro atoms. The lowest BCUT2D eigenvalue weighted by atomic mass is 10.0. The molecular formula is C12H18OS. The van der Waals surface area contributed by atoms with Gasteiger partial charge >= 0.3 is 0 Å². The first-order chi connectivity index (χ1) is 6.69. The molecule has 14 heavy (non-hydrogen) atoms. The van der Waals surface area contributed by atoms with Crippen LogP contribution in [0.4, 0.5) is 0 Å². The summed E-state index contributed by atoms with van der Waals surface area (Å²) in [4.78, 5) is 1.30. The summed E-state index contributed by atoms with van der Waals surface area (Å²) in [7, 11) is 0. The van der Waals surface area contributed by atoms with Crippen molar-refractivity contribution in [1.29, 1.82) is 0 Å². The Kier molecular flexibility index (Phi) is 4.33. The summed E-state index contributed by atoms with van der Waals surface area (Å²) in [5.74, 6) is 1.55. The molecule has 1 aromatic rings. The van der Waals surface area contributed by atoms with Crippen molar-refractivity contribution in [2.45, 2.75) is 31.6 Å². The summed E-state index contributed by atoms with van der Waals surface area (Å²) < 4.78 is 5.59. The molecule has 0 aliphatic rings. The second kappa shape index (κ2) is 5.30. The molecule has 0 aliphatic carbocycles. The molecule has 2 heteroatoms. The van der Waals surface area contributed by atoms with Gasteiger partial charge < -0.3 is 4.74 Å². The van der Waals surface area contributed by atoms with E-state index in [4.69, 9.17) is 4.74 Å². The highest BCUT2D eigenvalue weighted by Gasteiger charge is 2.08. The smallest absolute Gasteiger partial charge is 0.122 e. The van der Waals surface area contributed by atoms with Crippen LogP contribution in [0.5, 0.6) is 5.75 Å². The average molecular weight is 210 g/mol. The zero-order valence-electron chi connectivity index (χ0n) is 9.33. The lowest BCUT2D eigenvalue weighted by molar-refractivity contribution is 0.335. The van der Waals surface area contributed by atoms with Gasteiger partial charge in [0.1, 0.15) is 5.75 Å². The van der Waals surface area contributed by atoms with Gasteiger partial charge in [0.15, 0.2) is 0 Å². The highest BCUT2D eigenvalue weighted by atomic mass is 32.2. The monoisotopic (exact) mass is 210 g/mol. The molecule has 0 aliphatic heterocycles. The minimum Gasteiger partial charge on any atom is -0.494 e.